The van der Waals surface area contributed by atoms with Gasteiger partial charge in [0, 0.05) is 5.69 Å². The molecule has 0 saturated carbocycles. The highest BCUT2D eigenvalue weighted by Gasteiger charge is 2.31. The van der Waals surface area contributed by atoms with Crippen LogP contribution in [0.5, 0.6) is 0 Å². The maximum absolute atomic E-state index is 13.2. The molecule has 2 aliphatic heterocycles. The van der Waals surface area contributed by atoms with Crippen LogP contribution in [0.25, 0.3) is 0 Å². The number of rotatable bonds is 11. The van der Waals surface area contributed by atoms with Gasteiger partial charge in [-0.05, 0) is 84.9 Å². The quantitative estimate of drug-likeness (QED) is 0.0884. The summed E-state index contributed by atoms with van der Waals surface area (Å²) in [5.74, 6) is -5.13. The van der Waals surface area contributed by atoms with Gasteiger partial charge in [0.05, 0.1) is 57.8 Å². The van der Waals surface area contributed by atoms with Crippen LogP contribution < -0.4 is 4.90 Å². The molecule has 6 rings (SSSR count). The maximum atomic E-state index is 13.2. The number of azo groups is 1. The minimum Gasteiger partial charge on any atom is -0.460 e. The fourth-order valence-corrected chi connectivity index (χ4v) is 4.81. The van der Waals surface area contributed by atoms with Crippen LogP contribution in [0.2, 0.25) is 0 Å². The monoisotopic (exact) mass is 651 g/mol. The maximum Gasteiger partial charge on any atom is 0.346 e. The van der Waals surface area contributed by atoms with Crippen molar-refractivity contribution in [3.05, 3.63) is 124 Å². The number of esters is 6. The molecule has 0 saturated heterocycles. The lowest BCUT2D eigenvalue weighted by Crippen LogP contribution is -2.32. The van der Waals surface area contributed by atoms with Crippen LogP contribution in [0.1, 0.15) is 62.1 Å². The number of hydrogen-bond donors (Lipinski definition) is 0. The molecular formula is C34H22FN3O10. The summed E-state index contributed by atoms with van der Waals surface area (Å²) in [6.45, 7) is 0.0798. The summed E-state index contributed by atoms with van der Waals surface area (Å²) in [7, 11) is 0. The van der Waals surface area contributed by atoms with Gasteiger partial charge in [-0.1, -0.05) is 0 Å². The molecule has 4 aromatic rings. The van der Waals surface area contributed by atoms with E-state index in [9.17, 15) is 33.2 Å². The Bertz CT molecular complexity index is 1910. The van der Waals surface area contributed by atoms with Gasteiger partial charge in [-0.2, -0.15) is 10.2 Å². The second kappa shape index (κ2) is 13.4. The Morgan fingerprint density at radius 2 is 1.00 bits per heavy atom. The van der Waals surface area contributed by atoms with Gasteiger partial charge in [0.1, 0.15) is 19.0 Å². The van der Waals surface area contributed by atoms with E-state index in [0.717, 1.165) is 0 Å². The molecular weight excluding hydrogens is 629 g/mol. The molecule has 0 fully saturated rings. The number of carbonyl (C=O) groups is 6. The van der Waals surface area contributed by atoms with Crippen LogP contribution in [0.4, 0.5) is 21.5 Å². The molecule has 0 bridgehead atoms. The summed E-state index contributed by atoms with van der Waals surface area (Å²) in [6.07, 6.45) is 0. The predicted octanol–water partition coefficient (Wildman–Crippen LogP) is 5.38. The summed E-state index contributed by atoms with van der Waals surface area (Å²) in [5.41, 5.74) is 1.79. The number of fused-ring (bicyclic) bond motifs is 2. The van der Waals surface area contributed by atoms with E-state index in [0.29, 0.717) is 17.1 Å². The SMILES string of the molecule is O=C(OCCN(CCOC(=O)c1ccc2c(c1)C(=O)OC2=O)c1ccc(N=Nc2ccc(F)cc2)cc1)c1ccc2c(c1)C(=O)OC2=O. The topological polar surface area (TPSA) is 167 Å². The minimum atomic E-state index is -0.848. The first kappa shape index (κ1) is 31.4. The third-order valence-electron chi connectivity index (χ3n) is 7.27. The zero-order valence-electron chi connectivity index (χ0n) is 24.7. The molecule has 0 atom stereocenters. The molecule has 14 heteroatoms. The van der Waals surface area contributed by atoms with E-state index in [1.54, 1.807) is 29.2 Å². The van der Waals surface area contributed by atoms with Crippen molar-refractivity contribution < 1.29 is 52.1 Å². The number of cyclic esters (lactones) is 4. The molecule has 2 heterocycles. The molecule has 0 N–H and O–H groups in total. The Hall–Kier alpha value is -6.57. The molecule has 48 heavy (non-hydrogen) atoms. The van der Waals surface area contributed by atoms with Gasteiger partial charge in [-0.25, -0.2) is 33.2 Å². The van der Waals surface area contributed by atoms with Crippen LogP contribution in [0.3, 0.4) is 0 Å². The van der Waals surface area contributed by atoms with Crippen molar-refractivity contribution in [2.75, 3.05) is 31.2 Å². The number of nitrogens with zero attached hydrogens (tertiary/aromatic N) is 3. The zero-order chi connectivity index (χ0) is 33.8. The van der Waals surface area contributed by atoms with Gasteiger partial charge in [0.25, 0.3) is 0 Å². The zero-order valence-corrected chi connectivity index (χ0v) is 24.7. The summed E-state index contributed by atoms with van der Waals surface area (Å²) >= 11 is 0. The van der Waals surface area contributed by atoms with Crippen LogP contribution >= 0.6 is 0 Å². The third-order valence-corrected chi connectivity index (χ3v) is 7.27. The molecule has 0 spiro atoms. The van der Waals surface area contributed by atoms with Gasteiger partial charge >= 0.3 is 35.8 Å². The largest absolute Gasteiger partial charge is 0.460 e. The molecule has 2 aliphatic rings. The standard InChI is InChI=1S/C34H22FN3O10/c35-21-3-5-22(6-4-21)36-37-23-7-9-24(10-8-23)38(13-15-45-29(39)19-1-11-25-27(17-19)33(43)47-31(25)41)14-16-46-30(40)20-2-12-26-28(18-20)34(44)48-32(26)42/h1-12,17-18H,13-16H2. The normalized spacial score (nSPS) is 13.2. The van der Waals surface area contributed by atoms with E-state index in [-0.39, 0.29) is 59.7 Å². The molecule has 0 aliphatic carbocycles. The van der Waals surface area contributed by atoms with Gasteiger partial charge in [0.2, 0.25) is 0 Å². The van der Waals surface area contributed by atoms with E-state index in [4.69, 9.17) is 9.47 Å². The lowest BCUT2D eigenvalue weighted by molar-refractivity contribution is 0.0425. The number of ether oxygens (including phenoxy) is 4. The highest BCUT2D eigenvalue weighted by molar-refractivity contribution is 6.16. The van der Waals surface area contributed by atoms with Crippen molar-refractivity contribution in [2.24, 2.45) is 10.2 Å². The molecule has 0 amide bonds. The van der Waals surface area contributed by atoms with Gasteiger partial charge in [-0.15, -0.1) is 0 Å². The van der Waals surface area contributed by atoms with Crippen molar-refractivity contribution in [1.29, 1.82) is 0 Å². The number of carbonyl (C=O) groups excluding carboxylic acids is 6. The summed E-state index contributed by atoms with van der Waals surface area (Å²) in [5, 5.41) is 8.23. The molecule has 13 nitrogen and oxygen atoms in total. The fraction of sp³-hybridized carbons (Fsp3) is 0.118. The van der Waals surface area contributed by atoms with Crippen LogP contribution in [0, 0.1) is 5.82 Å². The minimum absolute atomic E-state index is 0.0265. The predicted molar refractivity (Wildman–Crippen MR) is 162 cm³/mol. The molecule has 0 aromatic heterocycles. The van der Waals surface area contributed by atoms with Crippen molar-refractivity contribution in [3.63, 3.8) is 0 Å². The Balaban J connectivity index is 1.11. The first-order valence-electron chi connectivity index (χ1n) is 14.3. The fourth-order valence-electron chi connectivity index (χ4n) is 4.81. The lowest BCUT2D eigenvalue weighted by Gasteiger charge is -2.24. The van der Waals surface area contributed by atoms with Crippen LogP contribution in [0.15, 0.2) is 95.2 Å². The number of hydrogen-bond acceptors (Lipinski definition) is 13. The van der Waals surface area contributed by atoms with E-state index in [2.05, 4.69) is 19.7 Å². The second-order valence-electron chi connectivity index (χ2n) is 10.3. The van der Waals surface area contributed by atoms with E-state index >= 15 is 0 Å². The third kappa shape index (κ3) is 6.82. The van der Waals surface area contributed by atoms with Gasteiger partial charge in [0.15, 0.2) is 0 Å². The second-order valence-corrected chi connectivity index (χ2v) is 10.3. The van der Waals surface area contributed by atoms with Crippen molar-refractivity contribution in [2.45, 2.75) is 0 Å². The molecule has 0 unspecified atom stereocenters. The highest BCUT2D eigenvalue weighted by atomic mass is 19.1. The first-order valence-corrected chi connectivity index (χ1v) is 14.3. The Labute approximate surface area is 270 Å². The summed E-state index contributed by atoms with van der Waals surface area (Å²) in [6, 6.07) is 20.1. The number of anilines is 1. The molecule has 240 valence electrons. The summed E-state index contributed by atoms with van der Waals surface area (Å²) < 4.78 is 33.1. The van der Waals surface area contributed by atoms with E-state index in [1.165, 1.54) is 60.7 Å². The average molecular weight is 652 g/mol. The number of benzene rings is 4. The van der Waals surface area contributed by atoms with Gasteiger partial charge < -0.3 is 23.8 Å². The van der Waals surface area contributed by atoms with Crippen LogP contribution in [-0.4, -0.2) is 62.1 Å². The smallest absolute Gasteiger partial charge is 0.346 e. The highest BCUT2D eigenvalue weighted by Crippen LogP contribution is 2.25. The lowest BCUT2D eigenvalue weighted by atomic mass is 10.1. The Kier molecular flexibility index (Phi) is 8.79. The van der Waals surface area contributed by atoms with Crippen molar-refractivity contribution >= 4 is 52.9 Å². The first-order chi connectivity index (χ1) is 23.2. The van der Waals surface area contributed by atoms with E-state index in [1.807, 2.05) is 0 Å². The molecule has 0 radical (unpaired) electrons. The Morgan fingerprint density at radius 3 is 1.46 bits per heavy atom. The van der Waals surface area contributed by atoms with E-state index < -0.39 is 41.6 Å². The molecule has 4 aromatic carbocycles. The van der Waals surface area contributed by atoms with Crippen molar-refractivity contribution in [3.8, 4) is 0 Å². The van der Waals surface area contributed by atoms with Gasteiger partial charge in [-0.3, -0.25) is 0 Å². The average Bonchev–Trinajstić information content (AvgIpc) is 3.55. The summed E-state index contributed by atoms with van der Waals surface area (Å²) in [4.78, 5) is 74.4. The Morgan fingerprint density at radius 1 is 0.583 bits per heavy atom. The van der Waals surface area contributed by atoms with Crippen molar-refractivity contribution in [1.82, 2.24) is 0 Å². The van der Waals surface area contributed by atoms with Crippen LogP contribution in [-0.2, 0) is 18.9 Å². The number of halogens is 1.